The summed E-state index contributed by atoms with van der Waals surface area (Å²) in [5, 5.41) is 1.57. The van der Waals surface area contributed by atoms with E-state index in [9.17, 15) is 8.42 Å². The smallest absolute Gasteiger partial charge is 0.262 e. The number of sulfonamides is 1. The lowest BCUT2D eigenvalue weighted by Gasteiger charge is -2.01. The first kappa shape index (κ1) is 8.55. The molecule has 1 aliphatic rings. The molecule has 0 bridgehead atoms. The van der Waals surface area contributed by atoms with Crippen molar-refractivity contribution in [2.45, 2.75) is 4.90 Å². The van der Waals surface area contributed by atoms with Gasteiger partial charge in [0, 0.05) is 5.39 Å². The number of nitrogen functional groups attached to an aromatic ring is 1. The fourth-order valence-corrected chi connectivity index (χ4v) is 3.23. The molecular formula is C10H8N2O2S. The number of hydrogen-bond acceptors (Lipinski definition) is 3. The average molecular weight is 220 g/mol. The van der Waals surface area contributed by atoms with Gasteiger partial charge < -0.3 is 5.73 Å². The molecular weight excluding hydrogens is 212 g/mol. The standard InChI is InChI=1S/C10H8N2O2S/c11-7-5-4-6-2-1-3-8-9(6)10(7)12-15(8,13)14/h1-5,12H,11H2. The van der Waals surface area contributed by atoms with Gasteiger partial charge in [-0.3, -0.25) is 4.72 Å². The second-order valence-electron chi connectivity index (χ2n) is 3.49. The molecule has 4 nitrogen and oxygen atoms in total. The lowest BCUT2D eigenvalue weighted by atomic mass is 10.1. The number of nitrogens with two attached hydrogens (primary N) is 1. The fourth-order valence-electron chi connectivity index (χ4n) is 1.88. The Balaban J connectivity index is 2.63. The van der Waals surface area contributed by atoms with E-state index in [1.165, 1.54) is 0 Å². The maximum Gasteiger partial charge on any atom is 0.262 e. The summed E-state index contributed by atoms with van der Waals surface area (Å²) in [6, 6.07) is 8.70. The van der Waals surface area contributed by atoms with E-state index in [0.717, 1.165) is 5.39 Å². The molecule has 0 aliphatic carbocycles. The van der Waals surface area contributed by atoms with Crippen LogP contribution in [-0.2, 0) is 10.0 Å². The summed E-state index contributed by atoms with van der Waals surface area (Å²) in [4.78, 5) is 0.308. The fraction of sp³-hybridized carbons (Fsp3) is 0. The molecule has 1 aliphatic heterocycles. The van der Waals surface area contributed by atoms with E-state index >= 15 is 0 Å². The van der Waals surface area contributed by atoms with E-state index in [4.69, 9.17) is 5.73 Å². The number of hydrogen-bond donors (Lipinski definition) is 2. The van der Waals surface area contributed by atoms with Gasteiger partial charge >= 0.3 is 0 Å². The Labute approximate surface area is 86.8 Å². The molecule has 0 saturated heterocycles. The van der Waals surface area contributed by atoms with Crippen LogP contribution in [0.2, 0.25) is 0 Å². The third-order valence-electron chi connectivity index (χ3n) is 2.57. The third-order valence-corrected chi connectivity index (χ3v) is 3.96. The summed E-state index contributed by atoms with van der Waals surface area (Å²) in [5.74, 6) is 0. The number of rotatable bonds is 0. The van der Waals surface area contributed by atoms with Gasteiger partial charge in [0.15, 0.2) is 0 Å². The summed E-state index contributed by atoms with van der Waals surface area (Å²) in [6.45, 7) is 0. The van der Waals surface area contributed by atoms with Gasteiger partial charge in [-0.1, -0.05) is 18.2 Å². The predicted molar refractivity (Wildman–Crippen MR) is 59.2 cm³/mol. The van der Waals surface area contributed by atoms with Crippen LogP contribution < -0.4 is 10.5 Å². The quantitative estimate of drug-likeness (QED) is 0.661. The van der Waals surface area contributed by atoms with Crippen molar-refractivity contribution in [3.63, 3.8) is 0 Å². The number of anilines is 2. The monoisotopic (exact) mass is 220 g/mol. The molecule has 0 atom stereocenters. The first-order valence-electron chi connectivity index (χ1n) is 4.43. The molecule has 0 spiro atoms. The minimum absolute atomic E-state index is 0.308. The van der Waals surface area contributed by atoms with Crippen LogP contribution in [0.4, 0.5) is 11.4 Å². The Bertz CT molecular complexity index is 677. The molecule has 0 amide bonds. The minimum atomic E-state index is -3.41. The van der Waals surface area contributed by atoms with E-state index < -0.39 is 10.0 Å². The summed E-state index contributed by atoms with van der Waals surface area (Å²) in [5.41, 5.74) is 6.68. The molecule has 76 valence electrons. The Hall–Kier alpha value is -1.75. The highest BCUT2D eigenvalue weighted by Gasteiger charge is 2.28. The molecule has 15 heavy (non-hydrogen) atoms. The van der Waals surface area contributed by atoms with Crippen molar-refractivity contribution < 1.29 is 8.42 Å². The second kappa shape index (κ2) is 2.43. The van der Waals surface area contributed by atoms with Gasteiger partial charge in [-0.05, 0) is 17.5 Å². The van der Waals surface area contributed by atoms with Crippen LogP contribution in [0.15, 0.2) is 35.2 Å². The topological polar surface area (TPSA) is 72.2 Å². The van der Waals surface area contributed by atoms with Crippen LogP contribution in [0.5, 0.6) is 0 Å². The zero-order valence-electron chi connectivity index (χ0n) is 7.69. The van der Waals surface area contributed by atoms with E-state index in [1.807, 2.05) is 12.1 Å². The van der Waals surface area contributed by atoms with Crippen LogP contribution >= 0.6 is 0 Å². The molecule has 0 radical (unpaired) electrons. The second-order valence-corrected chi connectivity index (χ2v) is 5.14. The minimum Gasteiger partial charge on any atom is -0.397 e. The van der Waals surface area contributed by atoms with Crippen molar-refractivity contribution >= 4 is 32.2 Å². The molecule has 3 rings (SSSR count). The first-order valence-corrected chi connectivity index (χ1v) is 5.92. The van der Waals surface area contributed by atoms with Crippen molar-refractivity contribution in [1.29, 1.82) is 0 Å². The van der Waals surface area contributed by atoms with Gasteiger partial charge in [0.1, 0.15) is 0 Å². The highest BCUT2D eigenvalue weighted by molar-refractivity contribution is 7.93. The van der Waals surface area contributed by atoms with Gasteiger partial charge in [-0.25, -0.2) is 8.42 Å². The van der Waals surface area contributed by atoms with Crippen molar-refractivity contribution in [3.8, 4) is 0 Å². The zero-order chi connectivity index (χ0) is 10.6. The summed E-state index contributed by atoms with van der Waals surface area (Å²) in [7, 11) is -3.41. The highest BCUT2D eigenvalue weighted by atomic mass is 32.2. The van der Waals surface area contributed by atoms with E-state index in [-0.39, 0.29) is 0 Å². The zero-order valence-corrected chi connectivity index (χ0v) is 8.51. The summed E-state index contributed by atoms with van der Waals surface area (Å²) >= 11 is 0. The first-order chi connectivity index (χ1) is 7.09. The van der Waals surface area contributed by atoms with Crippen molar-refractivity contribution in [3.05, 3.63) is 30.3 Å². The molecule has 3 N–H and O–H groups in total. The third kappa shape index (κ3) is 0.979. The van der Waals surface area contributed by atoms with Gasteiger partial charge in [0.25, 0.3) is 10.0 Å². The lowest BCUT2D eigenvalue weighted by Crippen LogP contribution is -2.06. The largest absolute Gasteiger partial charge is 0.397 e. The average Bonchev–Trinajstić information content (AvgIpc) is 2.48. The lowest BCUT2D eigenvalue weighted by molar-refractivity contribution is 0.603. The van der Waals surface area contributed by atoms with Crippen molar-refractivity contribution in [2.75, 3.05) is 10.5 Å². The van der Waals surface area contributed by atoms with Crippen LogP contribution in [0.3, 0.4) is 0 Å². The maximum absolute atomic E-state index is 11.7. The van der Waals surface area contributed by atoms with Gasteiger partial charge in [0.05, 0.1) is 16.3 Å². The van der Waals surface area contributed by atoms with E-state index in [1.54, 1.807) is 18.2 Å². The SMILES string of the molecule is Nc1ccc2cccc3c2c1NS3(=O)=O. The molecule has 0 aromatic heterocycles. The van der Waals surface area contributed by atoms with Crippen LogP contribution in [0, 0.1) is 0 Å². The molecule has 5 heteroatoms. The van der Waals surface area contributed by atoms with Gasteiger partial charge in [0.2, 0.25) is 0 Å². The molecule has 0 saturated carbocycles. The predicted octanol–water partition coefficient (Wildman–Crippen LogP) is 1.54. The van der Waals surface area contributed by atoms with Crippen LogP contribution in [0.1, 0.15) is 0 Å². The molecule has 0 unspecified atom stereocenters. The number of nitrogens with one attached hydrogen (secondary N) is 1. The maximum atomic E-state index is 11.7. The van der Waals surface area contributed by atoms with Gasteiger partial charge in [-0.2, -0.15) is 0 Å². The van der Waals surface area contributed by atoms with Crippen LogP contribution in [0.25, 0.3) is 10.8 Å². The summed E-state index contributed by atoms with van der Waals surface area (Å²) < 4.78 is 25.9. The Morgan fingerprint density at radius 3 is 2.73 bits per heavy atom. The molecule has 0 fully saturated rings. The number of benzene rings is 2. The summed E-state index contributed by atoms with van der Waals surface area (Å²) in [6.07, 6.45) is 0. The van der Waals surface area contributed by atoms with Crippen LogP contribution in [-0.4, -0.2) is 8.42 Å². The molecule has 1 heterocycles. The van der Waals surface area contributed by atoms with Gasteiger partial charge in [-0.15, -0.1) is 0 Å². The van der Waals surface area contributed by atoms with E-state index in [2.05, 4.69) is 4.72 Å². The van der Waals surface area contributed by atoms with Crippen molar-refractivity contribution in [1.82, 2.24) is 0 Å². The van der Waals surface area contributed by atoms with Crippen molar-refractivity contribution in [2.24, 2.45) is 0 Å². The highest BCUT2D eigenvalue weighted by Crippen LogP contribution is 2.40. The normalized spacial score (nSPS) is 16.5. The Kier molecular flexibility index (Phi) is 1.39. The molecule has 2 aromatic carbocycles. The van der Waals surface area contributed by atoms with E-state index in [0.29, 0.717) is 21.7 Å². The molecule has 2 aromatic rings. The Morgan fingerprint density at radius 2 is 1.93 bits per heavy atom. The Morgan fingerprint density at radius 1 is 1.13 bits per heavy atom.